The highest BCUT2D eigenvalue weighted by atomic mass is 19.4. The van der Waals surface area contributed by atoms with Crippen LogP contribution in [0.3, 0.4) is 0 Å². The van der Waals surface area contributed by atoms with Gasteiger partial charge in [-0.25, -0.2) is 14.3 Å². The first-order valence-electron chi connectivity index (χ1n) is 10.1. The second kappa shape index (κ2) is 8.30. The van der Waals surface area contributed by atoms with Gasteiger partial charge in [-0.3, -0.25) is 0 Å². The molecule has 9 heteroatoms. The maximum Gasteiger partial charge on any atom is 0.433 e. The predicted octanol–water partition coefficient (Wildman–Crippen LogP) is 4.36. The fraction of sp³-hybridized carbons (Fsp3) is 0.409. The fourth-order valence-corrected chi connectivity index (χ4v) is 3.79. The van der Waals surface area contributed by atoms with Crippen molar-refractivity contribution in [1.82, 2.24) is 19.5 Å². The zero-order valence-corrected chi connectivity index (χ0v) is 17.3. The van der Waals surface area contributed by atoms with Crippen LogP contribution >= 0.6 is 0 Å². The van der Waals surface area contributed by atoms with E-state index in [4.69, 9.17) is 4.74 Å². The molecule has 0 spiro atoms. The minimum atomic E-state index is -4.67. The van der Waals surface area contributed by atoms with E-state index < -0.39 is 17.8 Å². The van der Waals surface area contributed by atoms with Crippen LogP contribution < -0.4 is 0 Å². The topological polar surface area (TPSA) is 59.7 Å². The molecule has 1 saturated heterocycles. The van der Waals surface area contributed by atoms with Crippen LogP contribution in [0.15, 0.2) is 36.5 Å². The van der Waals surface area contributed by atoms with E-state index in [2.05, 4.69) is 15.0 Å². The van der Waals surface area contributed by atoms with E-state index in [-0.39, 0.29) is 29.6 Å². The first-order chi connectivity index (χ1) is 14.7. The smallest absolute Gasteiger partial charge is 0.433 e. The van der Waals surface area contributed by atoms with Crippen LogP contribution in [0.2, 0.25) is 0 Å². The Balaban J connectivity index is 1.70. The maximum absolute atomic E-state index is 13.7. The third kappa shape index (κ3) is 4.41. The molecule has 4 rings (SSSR count). The van der Waals surface area contributed by atoms with Crippen molar-refractivity contribution in [3.63, 3.8) is 0 Å². The summed E-state index contributed by atoms with van der Waals surface area (Å²) >= 11 is 0. The van der Waals surface area contributed by atoms with Crippen molar-refractivity contribution in [2.45, 2.75) is 38.4 Å². The number of hydrogen-bond acceptors (Lipinski definition) is 5. The van der Waals surface area contributed by atoms with Crippen LogP contribution in [0.4, 0.5) is 13.2 Å². The Bertz CT molecular complexity index is 1090. The van der Waals surface area contributed by atoms with Gasteiger partial charge in [0, 0.05) is 11.6 Å². The second-order valence-electron chi connectivity index (χ2n) is 7.91. The summed E-state index contributed by atoms with van der Waals surface area (Å²) in [5.41, 5.74) is 0.343. The Labute approximate surface area is 177 Å². The summed E-state index contributed by atoms with van der Waals surface area (Å²) in [7, 11) is 1.97. The van der Waals surface area contributed by atoms with Crippen LogP contribution in [0.5, 0.6) is 0 Å². The zero-order chi connectivity index (χ0) is 22.2. The van der Waals surface area contributed by atoms with Crippen LogP contribution in [0, 0.1) is 6.92 Å². The van der Waals surface area contributed by atoms with Gasteiger partial charge in [-0.15, -0.1) is 0 Å². The molecule has 0 aliphatic carbocycles. The number of benzene rings is 1. The van der Waals surface area contributed by atoms with E-state index in [1.165, 1.54) is 0 Å². The number of esters is 1. The highest BCUT2D eigenvalue weighted by Gasteiger charge is 2.36. The van der Waals surface area contributed by atoms with Gasteiger partial charge in [0.05, 0.1) is 11.9 Å². The summed E-state index contributed by atoms with van der Waals surface area (Å²) < 4.78 is 47.2. The van der Waals surface area contributed by atoms with Gasteiger partial charge in [0.15, 0.2) is 11.3 Å². The molecule has 164 valence electrons. The van der Waals surface area contributed by atoms with Crippen molar-refractivity contribution in [1.29, 1.82) is 0 Å². The summed E-state index contributed by atoms with van der Waals surface area (Å²) in [5, 5.41) is 3.79. The number of piperidine rings is 1. The van der Waals surface area contributed by atoms with Crippen molar-refractivity contribution in [2.24, 2.45) is 0 Å². The van der Waals surface area contributed by atoms with Crippen molar-refractivity contribution in [3.05, 3.63) is 53.3 Å². The molecule has 1 fully saturated rings. The van der Waals surface area contributed by atoms with Crippen LogP contribution in [0.25, 0.3) is 16.9 Å². The Kier molecular flexibility index (Phi) is 5.70. The average Bonchev–Trinajstić information content (AvgIpc) is 3.16. The molecule has 31 heavy (non-hydrogen) atoms. The predicted molar refractivity (Wildman–Crippen MR) is 109 cm³/mol. The molecule has 0 radical (unpaired) electrons. The molecule has 0 saturated carbocycles. The summed E-state index contributed by atoms with van der Waals surface area (Å²) in [4.78, 5) is 19.2. The number of hydrogen-bond donors (Lipinski definition) is 0. The molecule has 1 aliphatic rings. The number of aromatic nitrogens is 3. The number of halogens is 3. The maximum atomic E-state index is 13.7. The summed E-state index contributed by atoms with van der Waals surface area (Å²) in [5.74, 6) is -0.726. The van der Waals surface area contributed by atoms with Gasteiger partial charge in [0.2, 0.25) is 0 Å². The molecule has 2 aromatic heterocycles. The van der Waals surface area contributed by atoms with Crippen LogP contribution in [-0.2, 0) is 10.9 Å². The average molecular weight is 432 g/mol. The summed E-state index contributed by atoms with van der Waals surface area (Å²) in [6.07, 6.45) is -0.519. The van der Waals surface area contributed by atoms with Crippen molar-refractivity contribution in [2.75, 3.05) is 20.2 Å². The standard InChI is InChI=1S/C22H23F3N4O2/c1-14-6-8-15(9-7-14)18-11-19(22(23,24)25)29-20(27-18)17(12-26-29)21(30)31-13-16-5-3-4-10-28(16)2/h6-9,11-12,16H,3-5,10,13H2,1-2H3/t16-/m1/s1. The van der Waals surface area contributed by atoms with E-state index in [0.717, 1.165) is 43.6 Å². The number of carbonyl (C=O) groups excluding carboxylic acids is 1. The number of nitrogens with zero attached hydrogens (tertiary/aromatic N) is 4. The third-order valence-electron chi connectivity index (χ3n) is 5.66. The van der Waals surface area contributed by atoms with Crippen molar-refractivity contribution >= 4 is 11.6 Å². The number of fused-ring (bicyclic) bond motifs is 1. The first-order valence-corrected chi connectivity index (χ1v) is 10.1. The summed E-state index contributed by atoms with van der Waals surface area (Å²) in [6, 6.07) is 8.02. The number of carbonyl (C=O) groups is 1. The SMILES string of the molecule is Cc1ccc(-c2cc(C(F)(F)F)n3ncc(C(=O)OC[C@H]4CCCCN4C)c3n2)cc1. The zero-order valence-electron chi connectivity index (χ0n) is 17.3. The number of likely N-dealkylation sites (tertiary alicyclic amines) is 1. The lowest BCUT2D eigenvalue weighted by molar-refractivity contribution is -0.142. The number of likely N-dealkylation sites (N-methyl/N-ethyl adjacent to an activating group) is 1. The van der Waals surface area contributed by atoms with Crippen LogP contribution in [0.1, 0.15) is 40.9 Å². The van der Waals surface area contributed by atoms with Gasteiger partial charge in [-0.1, -0.05) is 36.2 Å². The van der Waals surface area contributed by atoms with Gasteiger partial charge in [-0.05, 0) is 39.4 Å². The molecule has 1 atom stereocenters. The second-order valence-corrected chi connectivity index (χ2v) is 7.91. The normalized spacial score (nSPS) is 17.8. The van der Waals surface area contributed by atoms with E-state index >= 15 is 0 Å². The molecular formula is C22H23F3N4O2. The Morgan fingerprint density at radius 2 is 1.97 bits per heavy atom. The molecule has 3 heterocycles. The van der Waals surface area contributed by atoms with Crippen molar-refractivity contribution < 1.29 is 22.7 Å². The van der Waals surface area contributed by atoms with Gasteiger partial charge in [0.1, 0.15) is 12.2 Å². The van der Waals surface area contributed by atoms with E-state index in [9.17, 15) is 18.0 Å². The number of alkyl halides is 3. The molecular weight excluding hydrogens is 409 g/mol. The molecule has 6 nitrogen and oxygen atoms in total. The molecule has 0 bridgehead atoms. The van der Waals surface area contributed by atoms with E-state index in [0.29, 0.717) is 10.1 Å². The molecule has 1 aliphatic heterocycles. The number of rotatable bonds is 4. The quantitative estimate of drug-likeness (QED) is 0.573. The van der Waals surface area contributed by atoms with Crippen LogP contribution in [-0.4, -0.2) is 51.7 Å². The monoisotopic (exact) mass is 432 g/mol. The highest BCUT2D eigenvalue weighted by Crippen LogP contribution is 2.33. The first kappa shape index (κ1) is 21.3. The number of ether oxygens (including phenoxy) is 1. The lowest BCUT2D eigenvalue weighted by atomic mass is 10.0. The highest BCUT2D eigenvalue weighted by molar-refractivity contribution is 5.96. The largest absolute Gasteiger partial charge is 0.460 e. The van der Waals surface area contributed by atoms with Gasteiger partial charge in [-0.2, -0.15) is 18.3 Å². The van der Waals surface area contributed by atoms with Crippen molar-refractivity contribution in [3.8, 4) is 11.3 Å². The lowest BCUT2D eigenvalue weighted by Gasteiger charge is -2.31. The Morgan fingerprint density at radius 1 is 1.23 bits per heavy atom. The molecule has 1 aromatic carbocycles. The lowest BCUT2D eigenvalue weighted by Crippen LogP contribution is -2.39. The molecule has 0 unspecified atom stereocenters. The minimum absolute atomic E-state index is 0.0853. The molecule has 0 amide bonds. The van der Waals surface area contributed by atoms with Gasteiger partial charge in [0.25, 0.3) is 0 Å². The van der Waals surface area contributed by atoms with Gasteiger partial charge < -0.3 is 9.64 Å². The fourth-order valence-electron chi connectivity index (χ4n) is 3.79. The molecule has 3 aromatic rings. The Hall–Kier alpha value is -2.94. The summed E-state index contributed by atoms with van der Waals surface area (Å²) in [6.45, 7) is 2.99. The Morgan fingerprint density at radius 3 is 2.65 bits per heavy atom. The third-order valence-corrected chi connectivity index (χ3v) is 5.66. The van der Waals surface area contributed by atoms with E-state index in [1.807, 2.05) is 14.0 Å². The minimum Gasteiger partial charge on any atom is -0.460 e. The van der Waals surface area contributed by atoms with Gasteiger partial charge >= 0.3 is 12.1 Å². The number of aryl methyl sites for hydroxylation is 1. The molecule has 0 N–H and O–H groups in total. The van der Waals surface area contributed by atoms with E-state index in [1.54, 1.807) is 24.3 Å².